The molecule has 2 heterocycles. The van der Waals surface area contributed by atoms with Gasteiger partial charge in [-0.1, -0.05) is 24.3 Å². The van der Waals surface area contributed by atoms with Gasteiger partial charge in [-0.25, -0.2) is 0 Å². The summed E-state index contributed by atoms with van der Waals surface area (Å²) in [7, 11) is 0. The minimum atomic E-state index is -0.671. The number of fused-ring (bicyclic) bond motifs is 2. The molecule has 0 spiro atoms. The molecule has 0 saturated carbocycles. The second kappa shape index (κ2) is 5.69. The SMILES string of the molecule is CC12C=CCCC1C(=O)OC2=O.CC12C=CCCC1C(=O)OC2=O. The lowest BCUT2D eigenvalue weighted by atomic mass is 9.73. The van der Waals surface area contributed by atoms with E-state index in [1.807, 2.05) is 12.2 Å². The molecule has 2 saturated heterocycles. The number of carbonyl (C=O) groups is 4. The molecule has 0 aromatic heterocycles. The molecule has 4 rings (SSSR count). The zero-order chi connectivity index (χ0) is 17.5. The van der Waals surface area contributed by atoms with Crippen molar-refractivity contribution in [2.75, 3.05) is 0 Å². The summed E-state index contributed by atoms with van der Waals surface area (Å²) in [4.78, 5) is 44.8. The smallest absolute Gasteiger partial charge is 0.324 e. The number of carbonyl (C=O) groups excluding carboxylic acids is 4. The van der Waals surface area contributed by atoms with Crippen molar-refractivity contribution in [2.45, 2.75) is 39.5 Å². The summed E-state index contributed by atoms with van der Waals surface area (Å²) in [6.07, 6.45) is 10.7. The predicted molar refractivity (Wildman–Crippen MR) is 82.1 cm³/mol. The van der Waals surface area contributed by atoms with Crippen LogP contribution in [0.1, 0.15) is 39.5 Å². The predicted octanol–water partition coefficient (Wildman–Crippen LogP) is 2.08. The maximum absolute atomic E-state index is 11.2. The molecule has 2 fully saturated rings. The highest BCUT2D eigenvalue weighted by molar-refractivity contribution is 6.01. The first kappa shape index (κ1) is 16.6. The number of ether oxygens (including phenoxy) is 2. The van der Waals surface area contributed by atoms with Gasteiger partial charge in [0.25, 0.3) is 0 Å². The summed E-state index contributed by atoms with van der Waals surface area (Å²) in [5.74, 6) is -1.98. The highest BCUT2D eigenvalue weighted by Crippen LogP contribution is 2.43. The number of rotatable bonds is 0. The Hall–Kier alpha value is -2.24. The second-order valence-corrected chi connectivity index (χ2v) is 7.05. The summed E-state index contributed by atoms with van der Waals surface area (Å²) in [6, 6.07) is 0. The Balaban J connectivity index is 0.000000141. The van der Waals surface area contributed by atoms with Crippen LogP contribution in [0.5, 0.6) is 0 Å². The van der Waals surface area contributed by atoms with E-state index in [-0.39, 0.29) is 23.8 Å². The number of cyclic esters (lactones) is 4. The van der Waals surface area contributed by atoms with Crippen LogP contribution in [0.25, 0.3) is 0 Å². The van der Waals surface area contributed by atoms with Crippen LogP contribution in [0.3, 0.4) is 0 Å². The third-order valence-corrected chi connectivity index (χ3v) is 5.46. The van der Waals surface area contributed by atoms with E-state index in [1.54, 1.807) is 26.0 Å². The van der Waals surface area contributed by atoms with Crippen molar-refractivity contribution in [3.05, 3.63) is 24.3 Å². The van der Waals surface area contributed by atoms with E-state index < -0.39 is 22.8 Å². The first-order valence-electron chi connectivity index (χ1n) is 8.16. The molecule has 6 nitrogen and oxygen atoms in total. The lowest BCUT2D eigenvalue weighted by molar-refractivity contribution is -0.156. The average Bonchev–Trinajstić information content (AvgIpc) is 2.91. The molecule has 0 bridgehead atoms. The third-order valence-electron chi connectivity index (χ3n) is 5.46. The quantitative estimate of drug-likeness (QED) is 0.383. The maximum Gasteiger partial charge on any atom is 0.324 e. The molecule has 6 heteroatoms. The van der Waals surface area contributed by atoms with E-state index in [4.69, 9.17) is 0 Å². The van der Waals surface area contributed by atoms with Gasteiger partial charge in [-0.05, 0) is 39.5 Å². The van der Waals surface area contributed by atoms with E-state index in [2.05, 4.69) is 9.47 Å². The Labute approximate surface area is 139 Å². The van der Waals surface area contributed by atoms with Crippen LogP contribution >= 0.6 is 0 Å². The van der Waals surface area contributed by atoms with Crippen LogP contribution in [-0.4, -0.2) is 23.9 Å². The number of hydrogen-bond donors (Lipinski definition) is 0. The van der Waals surface area contributed by atoms with Crippen molar-refractivity contribution in [1.82, 2.24) is 0 Å². The Bertz CT molecular complexity index is 617. The summed E-state index contributed by atoms with van der Waals surface area (Å²) < 4.78 is 9.16. The largest absolute Gasteiger partial charge is 0.392 e. The molecule has 2 aliphatic carbocycles. The van der Waals surface area contributed by atoms with Crippen LogP contribution in [0.4, 0.5) is 0 Å². The standard InChI is InChI=1S/2C9H10O3/c2*1-9-5-3-2-4-6(9)7(10)12-8(9)11/h2*3,5-6H,2,4H2,1H3. The fourth-order valence-electron chi connectivity index (χ4n) is 3.70. The van der Waals surface area contributed by atoms with Gasteiger partial charge >= 0.3 is 23.9 Å². The summed E-state index contributed by atoms with van der Waals surface area (Å²) in [6.45, 7) is 3.53. The van der Waals surface area contributed by atoms with Gasteiger partial charge in [0.15, 0.2) is 0 Å². The lowest BCUT2D eigenvalue weighted by Crippen LogP contribution is -2.30. The first-order valence-corrected chi connectivity index (χ1v) is 8.16. The van der Waals surface area contributed by atoms with Crippen LogP contribution in [-0.2, 0) is 28.7 Å². The molecule has 24 heavy (non-hydrogen) atoms. The Morgan fingerprint density at radius 3 is 1.50 bits per heavy atom. The van der Waals surface area contributed by atoms with Crippen molar-refractivity contribution in [3.63, 3.8) is 0 Å². The first-order chi connectivity index (χ1) is 11.3. The molecule has 0 amide bonds. The molecule has 128 valence electrons. The van der Waals surface area contributed by atoms with Gasteiger partial charge in [0.2, 0.25) is 0 Å². The van der Waals surface area contributed by atoms with Crippen LogP contribution in [0.2, 0.25) is 0 Å². The molecule has 0 aromatic carbocycles. The second-order valence-electron chi connectivity index (χ2n) is 7.05. The normalized spacial score (nSPS) is 39.6. The monoisotopic (exact) mass is 332 g/mol. The molecular weight excluding hydrogens is 312 g/mol. The molecule has 4 unspecified atom stereocenters. The Kier molecular flexibility index (Phi) is 3.94. The zero-order valence-corrected chi connectivity index (χ0v) is 13.7. The van der Waals surface area contributed by atoms with Gasteiger partial charge in [0.05, 0.1) is 22.7 Å². The topological polar surface area (TPSA) is 86.7 Å². The number of esters is 4. The minimum absolute atomic E-state index is 0.241. The van der Waals surface area contributed by atoms with E-state index in [0.717, 1.165) is 25.7 Å². The summed E-state index contributed by atoms with van der Waals surface area (Å²) in [5, 5.41) is 0. The number of allylic oxidation sites excluding steroid dienone is 2. The summed E-state index contributed by atoms with van der Waals surface area (Å²) >= 11 is 0. The van der Waals surface area contributed by atoms with Crippen molar-refractivity contribution in [1.29, 1.82) is 0 Å². The van der Waals surface area contributed by atoms with E-state index in [1.165, 1.54) is 0 Å². The fourth-order valence-corrected chi connectivity index (χ4v) is 3.70. The van der Waals surface area contributed by atoms with Gasteiger partial charge < -0.3 is 9.47 Å². The van der Waals surface area contributed by atoms with Crippen molar-refractivity contribution < 1.29 is 28.7 Å². The lowest BCUT2D eigenvalue weighted by Gasteiger charge is -2.24. The molecular formula is C18H20O6. The molecule has 4 aliphatic rings. The average molecular weight is 332 g/mol. The van der Waals surface area contributed by atoms with Crippen LogP contribution in [0, 0.1) is 22.7 Å². The highest BCUT2D eigenvalue weighted by atomic mass is 16.6. The van der Waals surface area contributed by atoms with Crippen molar-refractivity contribution >= 4 is 23.9 Å². The van der Waals surface area contributed by atoms with Gasteiger partial charge in [0, 0.05) is 0 Å². The number of hydrogen-bond acceptors (Lipinski definition) is 6. The van der Waals surface area contributed by atoms with Gasteiger partial charge in [-0.3, -0.25) is 19.2 Å². The Morgan fingerprint density at radius 1 is 0.792 bits per heavy atom. The molecule has 0 N–H and O–H groups in total. The summed E-state index contributed by atoms with van der Waals surface area (Å²) in [5.41, 5.74) is -1.34. The Morgan fingerprint density at radius 2 is 1.17 bits per heavy atom. The maximum atomic E-state index is 11.2. The molecule has 2 aliphatic heterocycles. The zero-order valence-electron chi connectivity index (χ0n) is 13.7. The van der Waals surface area contributed by atoms with E-state index in [0.29, 0.717) is 0 Å². The molecule has 0 radical (unpaired) electrons. The van der Waals surface area contributed by atoms with E-state index >= 15 is 0 Å². The fraction of sp³-hybridized carbons (Fsp3) is 0.556. The van der Waals surface area contributed by atoms with Crippen LogP contribution in [0.15, 0.2) is 24.3 Å². The van der Waals surface area contributed by atoms with E-state index in [9.17, 15) is 19.2 Å². The molecule has 0 aromatic rings. The van der Waals surface area contributed by atoms with Gasteiger partial charge in [-0.15, -0.1) is 0 Å². The van der Waals surface area contributed by atoms with Gasteiger partial charge in [0.1, 0.15) is 0 Å². The minimum Gasteiger partial charge on any atom is -0.392 e. The van der Waals surface area contributed by atoms with Gasteiger partial charge in [-0.2, -0.15) is 0 Å². The molecule has 4 atom stereocenters. The highest BCUT2D eigenvalue weighted by Gasteiger charge is 2.54. The van der Waals surface area contributed by atoms with Crippen molar-refractivity contribution in [3.8, 4) is 0 Å². The van der Waals surface area contributed by atoms with Crippen LogP contribution < -0.4 is 0 Å². The third kappa shape index (κ3) is 2.41. The van der Waals surface area contributed by atoms with Crippen molar-refractivity contribution in [2.24, 2.45) is 22.7 Å².